The third kappa shape index (κ3) is 2.69. The van der Waals surface area contributed by atoms with Crippen LogP contribution in [-0.2, 0) is 13.1 Å². The molecule has 1 aliphatic heterocycles. The largest absolute Gasteiger partial charge is 0.396 e. The Kier molecular flexibility index (Phi) is 4.21. The van der Waals surface area contributed by atoms with Gasteiger partial charge in [-0.2, -0.15) is 0 Å². The van der Waals surface area contributed by atoms with E-state index >= 15 is 0 Å². The van der Waals surface area contributed by atoms with Crippen molar-refractivity contribution < 1.29 is 5.11 Å². The van der Waals surface area contributed by atoms with Crippen LogP contribution in [0.15, 0.2) is 59.1 Å². The number of hydrogen-bond acceptors (Lipinski definition) is 2. The minimum absolute atomic E-state index is 0.212. The minimum Gasteiger partial charge on any atom is -0.396 e. The summed E-state index contributed by atoms with van der Waals surface area (Å²) >= 11 is 3.56. The first-order chi connectivity index (χ1) is 11.7. The molecule has 1 aromatic heterocycles. The maximum absolute atomic E-state index is 9.91. The number of hydrogen-bond donors (Lipinski definition) is 1. The number of benzene rings is 2. The van der Waals surface area contributed by atoms with Gasteiger partial charge in [-0.15, -0.1) is 0 Å². The zero-order valence-corrected chi connectivity index (χ0v) is 15.3. The summed E-state index contributed by atoms with van der Waals surface area (Å²) in [6.07, 6.45) is 0. The van der Waals surface area contributed by atoms with Crippen LogP contribution in [0.5, 0.6) is 0 Å². The highest BCUT2D eigenvalue weighted by Crippen LogP contribution is 2.40. The molecule has 3 aromatic rings. The number of aromatic nitrogens is 1. The maximum atomic E-state index is 9.91. The molecule has 2 heterocycles. The van der Waals surface area contributed by atoms with Crippen molar-refractivity contribution in [2.24, 2.45) is 5.92 Å². The van der Waals surface area contributed by atoms with Crippen LogP contribution in [-0.4, -0.2) is 28.2 Å². The summed E-state index contributed by atoms with van der Waals surface area (Å²) in [7, 11) is 2.16. The lowest BCUT2D eigenvalue weighted by Crippen LogP contribution is -2.29. The lowest BCUT2D eigenvalue weighted by molar-refractivity contribution is 0.122. The van der Waals surface area contributed by atoms with Crippen LogP contribution in [0.1, 0.15) is 17.3 Å². The van der Waals surface area contributed by atoms with Crippen molar-refractivity contribution >= 4 is 26.8 Å². The van der Waals surface area contributed by atoms with Crippen molar-refractivity contribution in [3.8, 4) is 0 Å². The molecule has 0 aliphatic carbocycles. The summed E-state index contributed by atoms with van der Waals surface area (Å²) in [5.74, 6) is 0.238. The highest BCUT2D eigenvalue weighted by molar-refractivity contribution is 9.10. The van der Waals surface area contributed by atoms with Crippen LogP contribution in [0, 0.1) is 5.92 Å². The van der Waals surface area contributed by atoms with Crippen molar-refractivity contribution in [3.63, 3.8) is 0 Å². The van der Waals surface area contributed by atoms with E-state index in [1.54, 1.807) is 0 Å². The molecule has 0 spiro atoms. The average molecular weight is 385 g/mol. The molecule has 0 saturated heterocycles. The smallest absolute Gasteiger partial charge is 0.0568 e. The van der Waals surface area contributed by atoms with Crippen LogP contribution in [0.25, 0.3) is 10.9 Å². The van der Waals surface area contributed by atoms with E-state index in [4.69, 9.17) is 0 Å². The van der Waals surface area contributed by atoms with Gasteiger partial charge in [0.25, 0.3) is 0 Å². The quantitative estimate of drug-likeness (QED) is 0.729. The SMILES string of the molecule is CN(Cc1ccccc1)[C@H]1c2cc3cc(Br)ccc3n2C[C@H]1CO. The van der Waals surface area contributed by atoms with Gasteiger partial charge in [-0.25, -0.2) is 0 Å². The molecule has 3 nitrogen and oxygen atoms in total. The predicted molar refractivity (Wildman–Crippen MR) is 101 cm³/mol. The number of rotatable bonds is 4. The molecular formula is C20H21BrN2O. The van der Waals surface area contributed by atoms with Crippen LogP contribution in [0.4, 0.5) is 0 Å². The summed E-state index contributed by atoms with van der Waals surface area (Å²) in [6, 6.07) is 19.5. The Balaban J connectivity index is 1.71. The molecule has 4 rings (SSSR count). The van der Waals surface area contributed by atoms with Gasteiger partial charge in [-0.3, -0.25) is 4.90 Å². The van der Waals surface area contributed by atoms with Crippen molar-refractivity contribution in [1.82, 2.24) is 9.47 Å². The molecule has 1 aliphatic rings. The fourth-order valence-corrected chi connectivity index (χ4v) is 4.38. The molecule has 2 aromatic carbocycles. The Labute approximate surface area is 150 Å². The first kappa shape index (κ1) is 15.9. The highest BCUT2D eigenvalue weighted by atomic mass is 79.9. The number of aliphatic hydroxyl groups is 1. The van der Waals surface area contributed by atoms with Crippen molar-refractivity contribution in [3.05, 3.63) is 70.3 Å². The molecule has 4 heteroatoms. The van der Waals surface area contributed by atoms with Crippen molar-refractivity contribution in [2.75, 3.05) is 13.7 Å². The van der Waals surface area contributed by atoms with Gasteiger partial charge < -0.3 is 9.67 Å². The normalized spacial score (nSPS) is 20.0. The lowest BCUT2D eigenvalue weighted by Gasteiger charge is -2.28. The Morgan fingerprint density at radius 1 is 1.17 bits per heavy atom. The lowest BCUT2D eigenvalue weighted by atomic mass is 9.99. The molecule has 0 unspecified atom stereocenters. The molecule has 0 amide bonds. The molecular weight excluding hydrogens is 364 g/mol. The van der Waals surface area contributed by atoms with Gasteiger partial charge in [0.1, 0.15) is 0 Å². The van der Waals surface area contributed by atoms with E-state index < -0.39 is 0 Å². The standard InChI is InChI=1S/C20H21BrN2O/c1-22(11-14-5-3-2-4-6-14)20-16(13-24)12-23-18-8-7-17(21)9-15(18)10-19(20)23/h2-10,16,20,24H,11-13H2,1H3/t16-,20+/m0/s1. The molecule has 0 radical (unpaired) electrons. The Bertz CT molecular complexity index is 859. The van der Waals surface area contributed by atoms with Crippen LogP contribution >= 0.6 is 15.9 Å². The van der Waals surface area contributed by atoms with E-state index in [0.717, 1.165) is 17.6 Å². The summed E-state index contributed by atoms with van der Waals surface area (Å²) in [4.78, 5) is 2.36. The van der Waals surface area contributed by atoms with E-state index in [-0.39, 0.29) is 18.6 Å². The van der Waals surface area contributed by atoms with Gasteiger partial charge in [0.2, 0.25) is 0 Å². The number of fused-ring (bicyclic) bond motifs is 3. The monoisotopic (exact) mass is 384 g/mol. The van der Waals surface area contributed by atoms with Crippen LogP contribution < -0.4 is 0 Å². The number of halogens is 1. The van der Waals surface area contributed by atoms with Gasteiger partial charge in [0.05, 0.1) is 6.04 Å². The zero-order valence-electron chi connectivity index (χ0n) is 13.7. The second-order valence-electron chi connectivity index (χ2n) is 6.67. The second kappa shape index (κ2) is 6.36. The molecule has 24 heavy (non-hydrogen) atoms. The van der Waals surface area contributed by atoms with Gasteiger partial charge >= 0.3 is 0 Å². The third-order valence-corrected chi connectivity index (χ3v) is 5.54. The molecule has 0 fully saturated rings. The van der Waals surface area contributed by atoms with E-state index in [1.807, 2.05) is 6.07 Å². The van der Waals surface area contributed by atoms with Crippen LogP contribution in [0.3, 0.4) is 0 Å². The third-order valence-electron chi connectivity index (χ3n) is 5.05. The maximum Gasteiger partial charge on any atom is 0.0568 e. The summed E-state index contributed by atoms with van der Waals surface area (Å²) in [5, 5.41) is 11.2. The highest BCUT2D eigenvalue weighted by Gasteiger charge is 2.36. The summed E-state index contributed by atoms with van der Waals surface area (Å²) < 4.78 is 3.47. The molecule has 0 bridgehead atoms. The minimum atomic E-state index is 0.212. The molecule has 2 atom stereocenters. The fourth-order valence-electron chi connectivity index (χ4n) is 4.00. The number of nitrogens with zero attached hydrogens (tertiary/aromatic N) is 2. The molecule has 1 N–H and O–H groups in total. The number of aliphatic hydroxyl groups excluding tert-OH is 1. The molecule has 124 valence electrons. The van der Waals surface area contributed by atoms with Crippen molar-refractivity contribution in [2.45, 2.75) is 19.1 Å². The van der Waals surface area contributed by atoms with Gasteiger partial charge in [0, 0.05) is 46.7 Å². The van der Waals surface area contributed by atoms with Gasteiger partial charge in [-0.1, -0.05) is 46.3 Å². The molecule has 0 saturated carbocycles. The van der Waals surface area contributed by atoms with Crippen molar-refractivity contribution in [1.29, 1.82) is 0 Å². The Morgan fingerprint density at radius 2 is 1.96 bits per heavy atom. The van der Waals surface area contributed by atoms with Gasteiger partial charge in [-0.05, 0) is 36.9 Å². The summed E-state index contributed by atoms with van der Waals surface area (Å²) in [5.41, 5.74) is 3.86. The predicted octanol–water partition coefficient (Wildman–Crippen LogP) is 4.20. The van der Waals surface area contributed by atoms with E-state index in [1.165, 1.54) is 22.2 Å². The fraction of sp³-hybridized carbons (Fsp3) is 0.300. The van der Waals surface area contributed by atoms with Crippen LogP contribution in [0.2, 0.25) is 0 Å². The first-order valence-electron chi connectivity index (χ1n) is 8.31. The topological polar surface area (TPSA) is 28.4 Å². The zero-order chi connectivity index (χ0) is 16.7. The Hall–Kier alpha value is -1.62. The average Bonchev–Trinajstić information content (AvgIpc) is 3.10. The van der Waals surface area contributed by atoms with Gasteiger partial charge in [0.15, 0.2) is 0 Å². The second-order valence-corrected chi connectivity index (χ2v) is 7.59. The van der Waals surface area contributed by atoms with E-state index in [9.17, 15) is 5.11 Å². The Morgan fingerprint density at radius 3 is 2.71 bits per heavy atom. The summed E-state index contributed by atoms with van der Waals surface area (Å²) in [6.45, 7) is 1.97. The van der Waals surface area contributed by atoms with E-state index in [2.05, 4.69) is 81.0 Å². The van der Waals surface area contributed by atoms with E-state index in [0.29, 0.717) is 0 Å². The first-order valence-corrected chi connectivity index (χ1v) is 9.10.